The number of allylic oxidation sites excluding steroid dienone is 4. The standard InChI is InChI=1S/C21H13.C15H8F6.C5H5.2ClH.Zr/c1-2-8-15-14(7-1)13-20-18-11-4-3-9-16(18)17-10-5-6-12-19(17)21(15)20;16-14(17,18)12-5-1-3-10(8-12)7-11-4-2-6-13(9-11)15(19,20)21;1-2-4-5-3-1;;;/h1-13H;1-6,8-9H;1-3H,4H2;2*1H;/q-1;;-1;;;+2. The molecule has 0 heterocycles. The fraction of sp³-hybridized carbons (Fsp3) is 0.0732. The van der Waals surface area contributed by atoms with Crippen LogP contribution < -0.4 is 0 Å². The van der Waals surface area contributed by atoms with E-state index < -0.39 is 23.5 Å². The molecular formula is C41H28Cl2F6Zr. The maximum atomic E-state index is 12.7. The summed E-state index contributed by atoms with van der Waals surface area (Å²) in [7, 11) is 0. The van der Waals surface area contributed by atoms with Gasteiger partial charge in [-0.25, -0.2) is 12.2 Å². The van der Waals surface area contributed by atoms with Gasteiger partial charge in [0.25, 0.3) is 0 Å². The average Bonchev–Trinajstić information content (AvgIpc) is 3.81. The first-order valence-electron chi connectivity index (χ1n) is 15.1. The Morgan fingerprint density at radius 2 is 1.06 bits per heavy atom. The van der Waals surface area contributed by atoms with E-state index in [-0.39, 0.29) is 35.9 Å². The van der Waals surface area contributed by atoms with Gasteiger partial charge in [0.2, 0.25) is 0 Å². The van der Waals surface area contributed by atoms with Gasteiger partial charge < -0.3 is 0 Å². The third-order valence-electron chi connectivity index (χ3n) is 8.05. The Hall–Kier alpha value is -3.90. The normalized spacial score (nSPS) is 12.2. The second-order valence-electron chi connectivity index (χ2n) is 11.1. The van der Waals surface area contributed by atoms with E-state index in [1.54, 1.807) is 0 Å². The second-order valence-corrected chi connectivity index (χ2v) is 12.4. The van der Waals surface area contributed by atoms with Gasteiger partial charge in [-0.1, -0.05) is 77.5 Å². The first-order chi connectivity index (χ1) is 23.0. The largest absolute Gasteiger partial charge is 0.273 e. The SMILES string of the molecule is Cl.Cl.FC(F)(F)c1cccc([C](=[Zr+2])c2cccc(C(F)(F)F)c2)c1.[C-]1=CC=CC1.c1ccc2c(c1)[cH-]c1c3ccccc3c3ccccc3c21. The minimum atomic E-state index is -4.49. The van der Waals surface area contributed by atoms with E-state index in [2.05, 4.69) is 91.0 Å². The van der Waals surface area contributed by atoms with E-state index >= 15 is 0 Å². The van der Waals surface area contributed by atoms with Crippen LogP contribution in [0.2, 0.25) is 0 Å². The van der Waals surface area contributed by atoms with Crippen molar-refractivity contribution in [2.45, 2.75) is 18.8 Å². The molecule has 7 aromatic carbocycles. The van der Waals surface area contributed by atoms with Gasteiger partial charge in [-0.05, 0) is 10.8 Å². The van der Waals surface area contributed by atoms with Gasteiger partial charge in [-0.15, -0.1) is 64.9 Å². The van der Waals surface area contributed by atoms with Gasteiger partial charge in [0.15, 0.2) is 0 Å². The summed E-state index contributed by atoms with van der Waals surface area (Å²) in [6.07, 6.45) is 1.03. The third kappa shape index (κ3) is 8.51. The molecule has 0 bridgehead atoms. The van der Waals surface area contributed by atoms with Crippen molar-refractivity contribution in [3.05, 3.63) is 174 Å². The van der Waals surface area contributed by atoms with Crippen LogP contribution >= 0.6 is 24.8 Å². The van der Waals surface area contributed by atoms with Crippen LogP contribution in [0.25, 0.3) is 43.1 Å². The van der Waals surface area contributed by atoms with Crippen molar-refractivity contribution in [3.63, 3.8) is 0 Å². The van der Waals surface area contributed by atoms with Crippen LogP contribution in [0, 0.1) is 6.08 Å². The van der Waals surface area contributed by atoms with Gasteiger partial charge >= 0.3 is 137 Å². The summed E-state index contributed by atoms with van der Waals surface area (Å²) < 4.78 is 76.7. The molecular weight excluding hydrogens is 769 g/mol. The molecule has 7 aromatic rings. The summed E-state index contributed by atoms with van der Waals surface area (Å²) in [5.41, 5.74) is -1.10. The van der Waals surface area contributed by atoms with Crippen LogP contribution in [0.4, 0.5) is 26.3 Å². The van der Waals surface area contributed by atoms with Crippen LogP contribution in [0.15, 0.2) is 146 Å². The molecule has 0 nitrogen and oxygen atoms in total. The van der Waals surface area contributed by atoms with Gasteiger partial charge in [0.1, 0.15) is 0 Å². The number of benzene rings is 6. The molecule has 1 aliphatic carbocycles. The van der Waals surface area contributed by atoms with Crippen molar-refractivity contribution >= 4 is 71.1 Å². The second kappa shape index (κ2) is 16.4. The molecule has 50 heavy (non-hydrogen) atoms. The molecule has 0 amide bonds. The average molecular weight is 797 g/mol. The first kappa shape index (κ1) is 38.9. The molecule has 9 heteroatoms. The Labute approximate surface area is 312 Å². The van der Waals surface area contributed by atoms with Crippen molar-refractivity contribution in [2.24, 2.45) is 0 Å². The van der Waals surface area contributed by atoms with E-state index in [1.807, 2.05) is 12.2 Å². The number of fused-ring (bicyclic) bond motifs is 8. The molecule has 0 N–H and O–H groups in total. The van der Waals surface area contributed by atoms with Crippen molar-refractivity contribution in [2.75, 3.05) is 0 Å². The van der Waals surface area contributed by atoms with Crippen molar-refractivity contribution in [3.8, 4) is 0 Å². The molecule has 252 valence electrons. The number of hydrogen-bond acceptors (Lipinski definition) is 0. The maximum absolute atomic E-state index is 12.7. The molecule has 0 saturated heterocycles. The molecule has 0 atom stereocenters. The summed E-state index contributed by atoms with van der Waals surface area (Å²) in [5.74, 6) is 0. The minimum Gasteiger partial charge on any atom is -0.273 e. The van der Waals surface area contributed by atoms with E-state index in [4.69, 9.17) is 0 Å². The first-order valence-corrected chi connectivity index (χ1v) is 16.3. The van der Waals surface area contributed by atoms with Gasteiger partial charge in [-0.2, -0.15) is 6.08 Å². The molecule has 0 unspecified atom stereocenters. The summed E-state index contributed by atoms with van der Waals surface area (Å²) in [6, 6.07) is 37.7. The van der Waals surface area contributed by atoms with Crippen LogP contribution in [0.5, 0.6) is 0 Å². The van der Waals surface area contributed by atoms with E-state index in [1.165, 1.54) is 67.4 Å². The fourth-order valence-corrected chi connectivity index (χ4v) is 6.59. The van der Waals surface area contributed by atoms with Crippen molar-refractivity contribution in [1.29, 1.82) is 0 Å². The molecule has 0 aromatic heterocycles. The molecule has 0 aliphatic heterocycles. The van der Waals surface area contributed by atoms with Crippen LogP contribution in [-0.4, -0.2) is 3.21 Å². The fourth-order valence-electron chi connectivity index (χ4n) is 5.82. The van der Waals surface area contributed by atoms with Gasteiger partial charge in [0, 0.05) is 0 Å². The van der Waals surface area contributed by atoms with Crippen LogP contribution in [0.1, 0.15) is 28.7 Å². The maximum Gasteiger partial charge on any atom is -0.0255 e. The predicted molar refractivity (Wildman–Crippen MR) is 194 cm³/mol. The van der Waals surface area contributed by atoms with Gasteiger partial charge in [-0.3, -0.25) is 6.08 Å². The molecule has 0 spiro atoms. The molecule has 8 rings (SSSR count). The Kier molecular flexibility index (Phi) is 12.8. The van der Waals surface area contributed by atoms with Gasteiger partial charge in [0.05, 0.1) is 0 Å². The summed E-state index contributed by atoms with van der Waals surface area (Å²) >= 11 is 0.729. The quantitative estimate of drug-likeness (QED) is 0.0929. The molecule has 0 radical (unpaired) electrons. The smallest absolute Gasteiger partial charge is 0.0255 e. The zero-order valence-corrected chi connectivity index (χ0v) is 30.2. The number of alkyl halides is 6. The Balaban J connectivity index is 0.000000190. The van der Waals surface area contributed by atoms with Crippen molar-refractivity contribution < 1.29 is 50.6 Å². The number of halogens is 8. The Bertz CT molecular complexity index is 2260. The molecule has 0 saturated carbocycles. The minimum absolute atomic E-state index is 0. The topological polar surface area (TPSA) is 0 Å². The zero-order valence-electron chi connectivity index (χ0n) is 26.1. The van der Waals surface area contributed by atoms with E-state index in [0.717, 1.165) is 54.9 Å². The van der Waals surface area contributed by atoms with Crippen LogP contribution in [0.3, 0.4) is 0 Å². The monoisotopic (exact) mass is 794 g/mol. The molecule has 0 fully saturated rings. The van der Waals surface area contributed by atoms with E-state index in [0.29, 0.717) is 3.21 Å². The van der Waals surface area contributed by atoms with Crippen LogP contribution in [-0.2, 0) is 36.6 Å². The number of rotatable bonds is 2. The molecule has 1 aliphatic rings. The number of hydrogen-bond donors (Lipinski definition) is 0. The van der Waals surface area contributed by atoms with Crippen molar-refractivity contribution in [1.82, 2.24) is 0 Å². The van der Waals surface area contributed by atoms with E-state index in [9.17, 15) is 26.3 Å². The summed E-state index contributed by atoms with van der Waals surface area (Å²) in [5, 5.41) is 10.8. The third-order valence-corrected chi connectivity index (χ3v) is 9.47. The Morgan fingerprint density at radius 1 is 0.580 bits per heavy atom. The summed E-state index contributed by atoms with van der Waals surface area (Å²) in [6.45, 7) is 0. The predicted octanol–water partition coefficient (Wildman–Crippen LogP) is 13.0. The zero-order chi connectivity index (χ0) is 33.9. The Morgan fingerprint density at radius 3 is 1.54 bits per heavy atom. The summed E-state index contributed by atoms with van der Waals surface area (Å²) in [4.78, 5) is 0.